The van der Waals surface area contributed by atoms with Gasteiger partial charge in [0.05, 0.1) is 23.3 Å². The summed E-state index contributed by atoms with van der Waals surface area (Å²) in [7, 11) is 0. The van der Waals surface area contributed by atoms with Gasteiger partial charge in [0, 0.05) is 29.3 Å². The van der Waals surface area contributed by atoms with Crippen molar-refractivity contribution in [2.24, 2.45) is 11.1 Å². The number of carbonyl (C=O) groups excluding carboxylic acids is 2. The van der Waals surface area contributed by atoms with Crippen LogP contribution in [0.15, 0.2) is 62.8 Å². The van der Waals surface area contributed by atoms with Crippen LogP contribution in [-0.4, -0.2) is 32.6 Å². The lowest BCUT2D eigenvalue weighted by Gasteiger charge is -2.42. The number of carbonyl (C=O) groups is 2. The molecule has 1 atom stereocenters. The van der Waals surface area contributed by atoms with E-state index in [1.54, 1.807) is 16.5 Å². The van der Waals surface area contributed by atoms with Crippen LogP contribution in [0, 0.1) is 23.7 Å². The van der Waals surface area contributed by atoms with Gasteiger partial charge in [-0.15, -0.1) is 21.5 Å². The van der Waals surface area contributed by atoms with Gasteiger partial charge in [-0.3, -0.25) is 14.5 Å². The molecular weight excluding hydrogens is 539 g/mol. The number of thioether (sulfide) groups is 1. The normalized spacial score (nSPS) is 18.8. The minimum atomic E-state index is -0.536. The summed E-state index contributed by atoms with van der Waals surface area (Å²) in [6, 6.07) is 10.1. The largest absolute Gasteiger partial charge is 0.384 e. The van der Waals surface area contributed by atoms with E-state index in [9.17, 15) is 14.9 Å². The van der Waals surface area contributed by atoms with Gasteiger partial charge in [-0.1, -0.05) is 66.8 Å². The molecular formula is C26H25N7O2S3. The van der Waals surface area contributed by atoms with Crippen molar-refractivity contribution in [2.75, 3.05) is 16.0 Å². The molecule has 38 heavy (non-hydrogen) atoms. The first-order valence-corrected chi connectivity index (χ1v) is 14.5. The molecule has 1 unspecified atom stereocenters. The van der Waals surface area contributed by atoms with Crippen molar-refractivity contribution in [1.29, 1.82) is 5.26 Å². The van der Waals surface area contributed by atoms with Crippen LogP contribution in [0.2, 0.25) is 0 Å². The number of nitrogens with two attached hydrogens (primary N) is 1. The number of hydrogen-bond acceptors (Lipinski definition) is 11. The van der Waals surface area contributed by atoms with Gasteiger partial charge in [0.2, 0.25) is 11.0 Å². The maximum atomic E-state index is 13.6. The number of nitrogens with one attached hydrogen (secondary N) is 1. The summed E-state index contributed by atoms with van der Waals surface area (Å²) in [5, 5.41) is 24.4. The van der Waals surface area contributed by atoms with Crippen molar-refractivity contribution < 1.29 is 9.59 Å². The Morgan fingerprint density at radius 3 is 2.87 bits per heavy atom. The van der Waals surface area contributed by atoms with Crippen LogP contribution < -0.4 is 16.0 Å². The van der Waals surface area contributed by atoms with Gasteiger partial charge in [-0.05, 0) is 24.3 Å². The lowest BCUT2D eigenvalue weighted by atomic mass is 9.68. The summed E-state index contributed by atoms with van der Waals surface area (Å²) in [5.41, 5.74) is 9.96. The molecule has 12 heteroatoms. The lowest BCUT2D eigenvalue weighted by Crippen LogP contribution is -2.42. The highest BCUT2D eigenvalue weighted by Crippen LogP contribution is 2.50. The van der Waals surface area contributed by atoms with E-state index < -0.39 is 5.92 Å². The number of Topliss-reactive ketones (excluding diaryl/α,β-unsaturated/α-hetero) is 1. The quantitative estimate of drug-likeness (QED) is 0.398. The lowest BCUT2D eigenvalue weighted by molar-refractivity contribution is -0.118. The molecule has 9 nitrogen and oxygen atoms in total. The van der Waals surface area contributed by atoms with Crippen LogP contribution >= 0.6 is 34.4 Å². The number of amides is 1. The maximum Gasteiger partial charge on any atom is 0.236 e. The number of anilines is 2. The average molecular weight is 564 g/mol. The van der Waals surface area contributed by atoms with Gasteiger partial charge in [0.1, 0.15) is 5.82 Å². The average Bonchev–Trinajstić information content (AvgIpc) is 3.53. The highest BCUT2D eigenvalue weighted by Gasteiger charge is 2.45. The fraction of sp³-hybridized carbons (Fsp3) is 0.308. The smallest absolute Gasteiger partial charge is 0.236 e. The highest BCUT2D eigenvalue weighted by atomic mass is 32.2. The van der Waals surface area contributed by atoms with Crippen molar-refractivity contribution in [2.45, 2.75) is 43.9 Å². The number of rotatable bonds is 6. The molecule has 194 valence electrons. The van der Waals surface area contributed by atoms with Gasteiger partial charge in [0.15, 0.2) is 15.3 Å². The van der Waals surface area contributed by atoms with Crippen molar-refractivity contribution >= 4 is 56.4 Å². The molecule has 3 N–H and O–H groups in total. The van der Waals surface area contributed by atoms with E-state index >= 15 is 0 Å². The monoisotopic (exact) mass is 563 g/mol. The van der Waals surface area contributed by atoms with Crippen LogP contribution in [0.3, 0.4) is 0 Å². The van der Waals surface area contributed by atoms with E-state index in [-0.39, 0.29) is 28.7 Å². The molecule has 1 aromatic carbocycles. The molecule has 0 radical (unpaired) electrons. The molecule has 5 rings (SSSR count). The van der Waals surface area contributed by atoms with E-state index in [0.717, 1.165) is 16.8 Å². The van der Waals surface area contributed by atoms with Crippen LogP contribution in [0.4, 0.5) is 10.3 Å². The number of aryl methyl sites for hydroxylation is 1. The van der Waals surface area contributed by atoms with Crippen molar-refractivity contribution in [1.82, 2.24) is 15.2 Å². The van der Waals surface area contributed by atoms with Crippen LogP contribution in [0.25, 0.3) is 0 Å². The second kappa shape index (κ2) is 10.3. The molecule has 2 aliphatic rings. The molecule has 3 heterocycles. The number of hydrogen-bond donors (Lipinski definition) is 2. The second-order valence-electron chi connectivity index (χ2n) is 9.92. The van der Waals surface area contributed by atoms with Gasteiger partial charge in [-0.2, -0.15) is 5.26 Å². The molecule has 1 aliphatic heterocycles. The summed E-state index contributed by atoms with van der Waals surface area (Å²) < 4.78 is 0.574. The predicted octanol–water partition coefficient (Wildman–Crippen LogP) is 4.97. The Balaban J connectivity index is 1.50. The standard InChI is InChI=1S/C26H25N7O2S3/c1-14-5-4-6-15(9-14)20-16(12-27)22(28)33(17-10-26(2,3)11-18(34)21(17)20)24-31-32-25(38-24)37-13-19(35)30-23-29-7-8-36-23/h4-9,20H,10-11,13,28H2,1-3H3,(H,29,30,35). The third kappa shape index (κ3) is 5.09. The number of allylic oxidation sites excluding steroid dienone is 3. The maximum absolute atomic E-state index is 13.6. The topological polar surface area (TPSA) is 138 Å². The molecule has 1 amide bonds. The summed E-state index contributed by atoms with van der Waals surface area (Å²) in [6.45, 7) is 6.09. The molecule has 1 aliphatic carbocycles. The van der Waals surface area contributed by atoms with E-state index in [1.807, 2.05) is 31.2 Å². The van der Waals surface area contributed by atoms with Gasteiger partial charge in [-0.25, -0.2) is 4.98 Å². The molecule has 0 saturated carbocycles. The SMILES string of the molecule is Cc1cccc(C2C(C#N)=C(N)N(c3nnc(SCC(=O)Nc4nccs4)s3)C3=C2C(=O)CC(C)(C)C3)c1. The van der Waals surface area contributed by atoms with Gasteiger partial charge in [0.25, 0.3) is 0 Å². The number of benzene rings is 1. The van der Waals surface area contributed by atoms with Gasteiger partial charge < -0.3 is 11.1 Å². The Morgan fingerprint density at radius 1 is 1.34 bits per heavy atom. The Bertz CT molecular complexity index is 1520. The number of nitrogens with zero attached hydrogens (tertiary/aromatic N) is 5. The van der Waals surface area contributed by atoms with Crippen LogP contribution in [0.5, 0.6) is 0 Å². The third-order valence-corrected chi connectivity index (χ3v) is 9.08. The second-order valence-corrected chi connectivity index (χ2v) is 13.0. The summed E-state index contributed by atoms with van der Waals surface area (Å²) >= 11 is 3.86. The molecule has 0 saturated heterocycles. The van der Waals surface area contributed by atoms with Crippen LogP contribution in [0.1, 0.15) is 43.7 Å². The zero-order chi connectivity index (χ0) is 27.0. The molecule has 0 spiro atoms. The molecule has 0 bridgehead atoms. The van der Waals surface area contributed by atoms with Crippen molar-refractivity contribution in [3.05, 3.63) is 69.6 Å². The Kier molecular flexibility index (Phi) is 7.09. The fourth-order valence-corrected chi connectivity index (χ4v) is 7.06. The number of thiazole rings is 1. The van der Waals surface area contributed by atoms with Crippen molar-refractivity contribution in [3.8, 4) is 6.07 Å². The number of nitriles is 1. The molecule has 2 aromatic heterocycles. The first-order chi connectivity index (χ1) is 18.2. The first kappa shape index (κ1) is 26.1. The Morgan fingerprint density at radius 2 is 2.16 bits per heavy atom. The minimum absolute atomic E-state index is 0.00553. The van der Waals surface area contributed by atoms with E-state index in [2.05, 4.69) is 40.4 Å². The molecule has 0 fully saturated rings. The van der Waals surface area contributed by atoms with Crippen LogP contribution in [-0.2, 0) is 9.59 Å². The summed E-state index contributed by atoms with van der Waals surface area (Å²) in [4.78, 5) is 31.7. The zero-order valence-electron chi connectivity index (χ0n) is 21.0. The number of ketones is 1. The summed E-state index contributed by atoms with van der Waals surface area (Å²) in [5.74, 6) is -0.344. The van der Waals surface area contributed by atoms with Crippen molar-refractivity contribution in [3.63, 3.8) is 0 Å². The predicted molar refractivity (Wildman–Crippen MR) is 150 cm³/mol. The first-order valence-electron chi connectivity index (χ1n) is 11.8. The van der Waals surface area contributed by atoms with E-state index in [1.165, 1.54) is 34.4 Å². The Labute approximate surface area is 232 Å². The third-order valence-electron chi connectivity index (χ3n) is 6.35. The molecule has 3 aromatic rings. The number of aromatic nitrogens is 3. The fourth-order valence-electron chi connectivity index (χ4n) is 4.83. The highest BCUT2D eigenvalue weighted by molar-refractivity contribution is 8.01. The van der Waals surface area contributed by atoms with E-state index in [0.29, 0.717) is 38.6 Å². The summed E-state index contributed by atoms with van der Waals surface area (Å²) in [6.07, 6.45) is 2.60. The minimum Gasteiger partial charge on any atom is -0.384 e. The van der Waals surface area contributed by atoms with Gasteiger partial charge >= 0.3 is 0 Å². The Hall–Kier alpha value is -3.53. The zero-order valence-corrected chi connectivity index (χ0v) is 23.5. The van der Waals surface area contributed by atoms with E-state index in [4.69, 9.17) is 5.73 Å².